The van der Waals surface area contributed by atoms with E-state index in [0.717, 1.165) is 30.3 Å². The van der Waals surface area contributed by atoms with E-state index in [2.05, 4.69) is 27.4 Å². The van der Waals surface area contributed by atoms with Crippen molar-refractivity contribution in [3.05, 3.63) is 20.8 Å². The Morgan fingerprint density at radius 3 is 2.88 bits per heavy atom. The van der Waals surface area contributed by atoms with Crippen molar-refractivity contribution in [2.24, 2.45) is 5.73 Å². The molecule has 1 aliphatic carbocycles. The molecule has 2 rings (SSSR count). The molecule has 0 aromatic carbocycles. The van der Waals surface area contributed by atoms with Gasteiger partial charge in [0.25, 0.3) is 0 Å². The molecule has 0 aliphatic heterocycles. The van der Waals surface area contributed by atoms with Gasteiger partial charge in [-0.2, -0.15) is 0 Å². The highest BCUT2D eigenvalue weighted by Crippen LogP contribution is 2.33. The fourth-order valence-electron chi connectivity index (χ4n) is 1.59. The number of carbonyl (C=O) groups excluding carboxylic acids is 1. The topological polar surface area (TPSA) is 46.3 Å². The number of hydrogen-bond donors (Lipinski definition) is 1. The number of likely N-dealkylation sites (N-methyl/N-ethyl adjacent to an activating group) is 1. The molecule has 0 unspecified atom stereocenters. The van der Waals surface area contributed by atoms with Gasteiger partial charge in [-0.05, 0) is 41.3 Å². The smallest absolute Gasteiger partial charge is 0.242 e. The molecule has 3 nitrogen and oxygen atoms in total. The van der Waals surface area contributed by atoms with E-state index in [4.69, 9.17) is 5.73 Å². The lowest BCUT2D eigenvalue weighted by molar-refractivity contribution is -0.132. The van der Waals surface area contributed by atoms with Gasteiger partial charge in [-0.1, -0.05) is 0 Å². The Kier molecular flexibility index (Phi) is 3.37. The molecular weight excluding hydrogens is 288 g/mol. The lowest BCUT2D eigenvalue weighted by Gasteiger charge is -2.20. The molecule has 1 aromatic rings. The van der Waals surface area contributed by atoms with Crippen LogP contribution in [0.4, 0.5) is 0 Å². The first-order chi connectivity index (χ1) is 7.51. The molecule has 16 heavy (non-hydrogen) atoms. The highest BCUT2D eigenvalue weighted by molar-refractivity contribution is 9.10. The summed E-state index contributed by atoms with van der Waals surface area (Å²) in [6, 6.07) is 2.10. The maximum absolute atomic E-state index is 11.8. The molecule has 0 saturated heterocycles. The van der Waals surface area contributed by atoms with Gasteiger partial charge in [-0.25, -0.2) is 0 Å². The van der Waals surface area contributed by atoms with Gasteiger partial charge in [0.2, 0.25) is 5.91 Å². The number of carbonyl (C=O) groups is 1. The van der Waals surface area contributed by atoms with Gasteiger partial charge in [0.1, 0.15) is 0 Å². The lowest BCUT2D eigenvalue weighted by atomic mass is 10.2. The van der Waals surface area contributed by atoms with Crippen LogP contribution >= 0.6 is 27.3 Å². The third-order valence-corrected chi connectivity index (χ3v) is 4.63. The molecule has 1 saturated carbocycles. The molecule has 0 spiro atoms. The zero-order valence-corrected chi connectivity index (χ0v) is 11.6. The Morgan fingerprint density at radius 2 is 2.38 bits per heavy atom. The minimum absolute atomic E-state index is 0.0862. The van der Waals surface area contributed by atoms with Crippen molar-refractivity contribution in [3.8, 4) is 0 Å². The Bertz CT molecular complexity index is 400. The van der Waals surface area contributed by atoms with Crippen molar-refractivity contribution >= 4 is 33.2 Å². The average molecular weight is 303 g/mol. The second-order valence-electron chi connectivity index (χ2n) is 4.36. The number of rotatable bonds is 4. The minimum Gasteiger partial charge on any atom is -0.344 e. The first-order valence-corrected chi connectivity index (χ1v) is 6.96. The van der Waals surface area contributed by atoms with Gasteiger partial charge in [-0.15, -0.1) is 11.3 Å². The largest absolute Gasteiger partial charge is 0.344 e. The zero-order valence-electron chi connectivity index (χ0n) is 9.20. The van der Waals surface area contributed by atoms with Gasteiger partial charge in [0.15, 0.2) is 0 Å². The van der Waals surface area contributed by atoms with E-state index in [1.54, 1.807) is 16.2 Å². The Hall–Kier alpha value is -0.390. The molecule has 0 bridgehead atoms. The van der Waals surface area contributed by atoms with E-state index in [-0.39, 0.29) is 5.91 Å². The highest BCUT2D eigenvalue weighted by atomic mass is 79.9. The van der Waals surface area contributed by atoms with Crippen molar-refractivity contribution in [1.29, 1.82) is 0 Å². The molecule has 1 heterocycles. The van der Waals surface area contributed by atoms with Gasteiger partial charge in [0, 0.05) is 28.3 Å². The minimum atomic E-state index is -0.537. The van der Waals surface area contributed by atoms with Gasteiger partial charge < -0.3 is 10.6 Å². The van der Waals surface area contributed by atoms with E-state index >= 15 is 0 Å². The second kappa shape index (κ2) is 4.47. The van der Waals surface area contributed by atoms with E-state index < -0.39 is 5.54 Å². The van der Waals surface area contributed by atoms with Crippen molar-refractivity contribution < 1.29 is 4.79 Å². The van der Waals surface area contributed by atoms with E-state index in [1.807, 2.05) is 7.05 Å². The summed E-state index contributed by atoms with van der Waals surface area (Å²) in [6.45, 7) is 0.741. The molecule has 5 heteroatoms. The summed E-state index contributed by atoms with van der Waals surface area (Å²) in [7, 11) is 1.83. The van der Waals surface area contributed by atoms with Crippen molar-refractivity contribution in [1.82, 2.24) is 4.90 Å². The third-order valence-electron chi connectivity index (χ3n) is 2.88. The monoisotopic (exact) mass is 302 g/mol. The first-order valence-electron chi connectivity index (χ1n) is 5.29. The van der Waals surface area contributed by atoms with E-state index in [1.165, 1.54) is 4.88 Å². The number of hydrogen-bond acceptors (Lipinski definition) is 3. The standard InChI is InChI=1S/C11H15BrN2OS/c1-14(10(15)11(13)3-4-11)5-2-9-6-8(12)7-16-9/h6-7H,2-5,13H2,1H3. The number of halogens is 1. The predicted molar refractivity (Wildman–Crippen MR) is 69.5 cm³/mol. The summed E-state index contributed by atoms with van der Waals surface area (Å²) in [4.78, 5) is 14.9. The van der Waals surface area contributed by atoms with Crippen LogP contribution in [0.15, 0.2) is 15.9 Å². The van der Waals surface area contributed by atoms with Crippen LogP contribution in [0.2, 0.25) is 0 Å². The number of nitrogens with zero attached hydrogens (tertiary/aromatic N) is 1. The van der Waals surface area contributed by atoms with Crippen LogP contribution in [0.25, 0.3) is 0 Å². The summed E-state index contributed by atoms with van der Waals surface area (Å²) >= 11 is 5.13. The molecule has 88 valence electrons. The van der Waals surface area contributed by atoms with Crippen molar-refractivity contribution in [2.75, 3.05) is 13.6 Å². The fourth-order valence-corrected chi connectivity index (χ4v) is 3.04. The average Bonchev–Trinajstić information content (AvgIpc) is 2.86. The molecule has 0 radical (unpaired) electrons. The van der Waals surface area contributed by atoms with Crippen LogP contribution in [-0.4, -0.2) is 29.9 Å². The van der Waals surface area contributed by atoms with Crippen LogP contribution in [-0.2, 0) is 11.2 Å². The molecule has 1 aliphatic rings. The maximum atomic E-state index is 11.8. The zero-order chi connectivity index (χ0) is 11.8. The summed E-state index contributed by atoms with van der Waals surface area (Å²) in [5.41, 5.74) is 5.33. The van der Waals surface area contributed by atoms with Crippen LogP contribution in [0.3, 0.4) is 0 Å². The lowest BCUT2D eigenvalue weighted by Crippen LogP contribution is -2.44. The van der Waals surface area contributed by atoms with Gasteiger partial charge in [0.05, 0.1) is 5.54 Å². The number of amides is 1. The fraction of sp³-hybridized carbons (Fsp3) is 0.545. The molecule has 1 amide bonds. The molecule has 1 aromatic heterocycles. The van der Waals surface area contributed by atoms with Crippen LogP contribution in [0.1, 0.15) is 17.7 Å². The maximum Gasteiger partial charge on any atom is 0.242 e. The second-order valence-corrected chi connectivity index (χ2v) is 6.28. The molecule has 2 N–H and O–H groups in total. The number of nitrogens with two attached hydrogens (primary N) is 1. The molecule has 0 atom stereocenters. The predicted octanol–water partition coefficient (Wildman–Crippen LogP) is 2.00. The van der Waals surface area contributed by atoms with Crippen LogP contribution in [0, 0.1) is 0 Å². The number of thiophene rings is 1. The third kappa shape index (κ3) is 2.64. The summed E-state index contributed by atoms with van der Waals surface area (Å²) in [6.07, 6.45) is 2.57. The van der Waals surface area contributed by atoms with Crippen LogP contribution in [0.5, 0.6) is 0 Å². The Labute approximate surface area is 108 Å². The van der Waals surface area contributed by atoms with Gasteiger partial charge >= 0.3 is 0 Å². The quantitative estimate of drug-likeness (QED) is 0.925. The molecule has 1 fully saturated rings. The van der Waals surface area contributed by atoms with Crippen molar-refractivity contribution in [2.45, 2.75) is 24.8 Å². The summed E-state index contributed by atoms with van der Waals surface area (Å²) in [5.74, 6) is 0.0862. The summed E-state index contributed by atoms with van der Waals surface area (Å²) < 4.78 is 1.11. The first kappa shape index (κ1) is 12.1. The normalized spacial score (nSPS) is 17.2. The van der Waals surface area contributed by atoms with Crippen molar-refractivity contribution in [3.63, 3.8) is 0 Å². The highest BCUT2D eigenvalue weighted by Gasteiger charge is 2.47. The Balaban J connectivity index is 1.84. The van der Waals surface area contributed by atoms with E-state index in [0.29, 0.717) is 0 Å². The SMILES string of the molecule is CN(CCc1cc(Br)cs1)C(=O)C1(N)CC1. The summed E-state index contributed by atoms with van der Waals surface area (Å²) in [5, 5.41) is 2.06. The van der Waals surface area contributed by atoms with Crippen LogP contribution < -0.4 is 5.73 Å². The van der Waals surface area contributed by atoms with E-state index in [9.17, 15) is 4.79 Å². The molecular formula is C11H15BrN2OS. The Morgan fingerprint density at radius 1 is 1.69 bits per heavy atom. The van der Waals surface area contributed by atoms with Gasteiger partial charge in [-0.3, -0.25) is 4.79 Å².